The zero-order chi connectivity index (χ0) is 32.0. The Balaban J connectivity index is 1.32. The number of Topliss-reactive ketones (excluding diaryl/α,β-unsaturated/α-hetero) is 2. The number of ether oxygens (including phenoxy) is 2. The monoisotopic (exact) mass is 631 g/mol. The van der Waals surface area contributed by atoms with E-state index in [0.29, 0.717) is 19.4 Å². The van der Waals surface area contributed by atoms with Gasteiger partial charge in [0.05, 0.1) is 6.04 Å². The van der Waals surface area contributed by atoms with Gasteiger partial charge in [-0.1, -0.05) is 51.4 Å². The Bertz CT molecular complexity index is 1280. The second kappa shape index (κ2) is 14.7. The van der Waals surface area contributed by atoms with Crippen LogP contribution in [0.1, 0.15) is 107 Å². The van der Waals surface area contributed by atoms with Crippen LogP contribution in [0, 0.1) is 17.8 Å². The molecule has 2 saturated carbocycles. The minimum absolute atomic E-state index is 0.0189. The summed E-state index contributed by atoms with van der Waals surface area (Å²) in [6, 6.07) is 2.42. The van der Waals surface area contributed by atoms with E-state index in [2.05, 4.69) is 25.4 Å². The predicted molar refractivity (Wildman–Crippen MR) is 159 cm³/mol. The molecule has 2 aliphatic heterocycles. The van der Waals surface area contributed by atoms with Crippen molar-refractivity contribution in [2.75, 3.05) is 6.54 Å². The highest BCUT2D eigenvalue weighted by Crippen LogP contribution is 2.41. The zero-order valence-electron chi connectivity index (χ0n) is 25.5. The molecule has 3 atom stereocenters. The number of carbonyl (C=O) groups excluding carboxylic acids is 5. The van der Waals surface area contributed by atoms with Crippen LogP contribution in [-0.2, 0) is 19.2 Å². The van der Waals surface area contributed by atoms with Crippen LogP contribution in [0.5, 0.6) is 11.5 Å². The first-order chi connectivity index (χ1) is 21.6. The minimum Gasteiger partial charge on any atom is -0.395 e. The van der Waals surface area contributed by atoms with Crippen molar-refractivity contribution in [2.24, 2.45) is 17.8 Å². The Kier molecular flexibility index (Phi) is 10.7. The van der Waals surface area contributed by atoms with Crippen LogP contribution >= 0.6 is 0 Å². The lowest BCUT2D eigenvalue weighted by molar-refractivity contribution is -0.286. The molecule has 45 heavy (non-hydrogen) atoms. The Labute approximate surface area is 261 Å². The smallest absolute Gasteiger partial charge is 0.395 e. The molecule has 5 rings (SSSR count). The van der Waals surface area contributed by atoms with Crippen LogP contribution in [-0.4, -0.2) is 54.2 Å². The van der Waals surface area contributed by atoms with Crippen molar-refractivity contribution in [3.05, 3.63) is 23.8 Å². The molecular formula is C33H43F2N3O7. The Hall–Kier alpha value is -3.57. The molecule has 1 aromatic rings. The highest BCUT2D eigenvalue weighted by molar-refractivity contribution is 6.38. The van der Waals surface area contributed by atoms with Crippen molar-refractivity contribution in [3.63, 3.8) is 0 Å². The van der Waals surface area contributed by atoms with Crippen LogP contribution in [0.2, 0.25) is 0 Å². The molecule has 10 nitrogen and oxygen atoms in total. The Morgan fingerprint density at radius 1 is 0.889 bits per heavy atom. The van der Waals surface area contributed by atoms with Gasteiger partial charge in [0, 0.05) is 36.4 Å². The van der Waals surface area contributed by atoms with Gasteiger partial charge in [-0.05, 0) is 62.6 Å². The minimum atomic E-state index is -3.83. The van der Waals surface area contributed by atoms with E-state index in [4.69, 9.17) is 0 Å². The van der Waals surface area contributed by atoms with E-state index >= 15 is 0 Å². The third-order valence-electron chi connectivity index (χ3n) is 9.59. The first kappa shape index (κ1) is 32.8. The van der Waals surface area contributed by atoms with Gasteiger partial charge in [0.1, 0.15) is 0 Å². The Morgan fingerprint density at radius 3 is 2.29 bits per heavy atom. The van der Waals surface area contributed by atoms with Crippen LogP contribution < -0.4 is 25.4 Å². The molecule has 1 aromatic carbocycles. The fourth-order valence-electron chi connectivity index (χ4n) is 7.10. The van der Waals surface area contributed by atoms with E-state index in [1.165, 1.54) is 18.2 Å². The van der Waals surface area contributed by atoms with Gasteiger partial charge in [0.15, 0.2) is 17.3 Å². The van der Waals surface area contributed by atoms with Crippen molar-refractivity contribution in [2.45, 2.75) is 115 Å². The summed E-state index contributed by atoms with van der Waals surface area (Å²) in [7, 11) is 0. The predicted octanol–water partition coefficient (Wildman–Crippen LogP) is 4.59. The van der Waals surface area contributed by atoms with Crippen LogP contribution in [0.4, 0.5) is 8.78 Å². The number of hydrogen-bond donors (Lipinski definition) is 3. The molecule has 246 valence electrons. The summed E-state index contributed by atoms with van der Waals surface area (Å²) in [6.07, 6.45) is 7.10. The number of amides is 3. The van der Waals surface area contributed by atoms with Crippen LogP contribution in [0.25, 0.3) is 0 Å². The molecule has 4 aliphatic rings. The van der Waals surface area contributed by atoms with Crippen molar-refractivity contribution >= 4 is 29.3 Å². The molecule has 3 fully saturated rings. The molecule has 0 radical (unpaired) electrons. The summed E-state index contributed by atoms with van der Waals surface area (Å²) >= 11 is 0. The third kappa shape index (κ3) is 8.79. The molecule has 2 aliphatic carbocycles. The van der Waals surface area contributed by atoms with E-state index in [-0.39, 0.29) is 47.8 Å². The molecule has 0 unspecified atom stereocenters. The molecule has 1 saturated heterocycles. The fraction of sp³-hybridized carbons (Fsp3) is 0.667. The number of halogens is 2. The first-order valence-electron chi connectivity index (χ1n) is 16.4. The molecule has 0 spiro atoms. The topological polar surface area (TPSA) is 140 Å². The normalized spacial score (nSPS) is 23.0. The lowest BCUT2D eigenvalue weighted by Crippen LogP contribution is -2.53. The SMILES string of the molecule is O=C(NC1CCCCC1)C(=O)[C@H](C[C@@H]1CCCNC1=O)NC(=O)[C@@H](CC(=O)c1ccc2c(c1)OC(F)(F)O2)CC1CCCCC1. The van der Waals surface area contributed by atoms with Gasteiger partial charge >= 0.3 is 6.29 Å². The number of fused-ring (bicyclic) bond motifs is 1. The number of benzene rings is 1. The zero-order valence-corrected chi connectivity index (χ0v) is 25.5. The molecule has 12 heteroatoms. The number of piperidine rings is 1. The van der Waals surface area contributed by atoms with E-state index in [1.54, 1.807) is 0 Å². The highest BCUT2D eigenvalue weighted by atomic mass is 19.3. The van der Waals surface area contributed by atoms with Gasteiger partial charge in [-0.25, -0.2) is 0 Å². The van der Waals surface area contributed by atoms with E-state index < -0.39 is 47.6 Å². The lowest BCUT2D eigenvalue weighted by Gasteiger charge is -2.29. The summed E-state index contributed by atoms with van der Waals surface area (Å²) < 4.78 is 36.0. The molecule has 3 amide bonds. The lowest BCUT2D eigenvalue weighted by atomic mass is 9.80. The summed E-state index contributed by atoms with van der Waals surface area (Å²) in [4.78, 5) is 66.6. The number of rotatable bonds is 12. The highest BCUT2D eigenvalue weighted by Gasteiger charge is 2.44. The van der Waals surface area contributed by atoms with Gasteiger partial charge in [-0.15, -0.1) is 8.78 Å². The fourth-order valence-corrected chi connectivity index (χ4v) is 7.10. The number of alkyl halides is 2. The maximum atomic E-state index is 13.9. The van der Waals surface area contributed by atoms with Crippen molar-refractivity contribution in [1.29, 1.82) is 0 Å². The average molecular weight is 632 g/mol. The quantitative estimate of drug-likeness (QED) is 0.227. The van der Waals surface area contributed by atoms with E-state index in [9.17, 15) is 32.8 Å². The molecule has 0 aromatic heterocycles. The molecule has 3 N–H and O–H groups in total. The average Bonchev–Trinajstić information content (AvgIpc) is 3.35. The second-order valence-corrected chi connectivity index (χ2v) is 13.0. The maximum Gasteiger partial charge on any atom is 0.586 e. The first-order valence-corrected chi connectivity index (χ1v) is 16.4. The standard InChI is InChI=1S/C33H43F2N3O7/c34-33(35)44-27-14-13-21(19-28(27)45-33)26(39)18-23(16-20-8-3-1-4-9-20)31(42)38-25(17-22-10-7-15-36-30(22)41)29(40)32(43)37-24-11-5-2-6-12-24/h13-14,19-20,22-25H,1-12,15-18H2,(H,36,41)(H,37,43)(H,38,42)/t22-,23+,25-/m0/s1. The van der Waals surface area contributed by atoms with Gasteiger partial charge in [-0.3, -0.25) is 24.0 Å². The number of hydrogen-bond acceptors (Lipinski definition) is 7. The van der Waals surface area contributed by atoms with Gasteiger partial charge in [-0.2, -0.15) is 0 Å². The third-order valence-corrected chi connectivity index (χ3v) is 9.59. The summed E-state index contributed by atoms with van der Waals surface area (Å²) in [5.74, 6) is -4.41. The van der Waals surface area contributed by atoms with Gasteiger partial charge in [0.2, 0.25) is 17.6 Å². The number of nitrogens with one attached hydrogen (secondary N) is 3. The van der Waals surface area contributed by atoms with Crippen molar-refractivity contribution < 1.29 is 42.2 Å². The Morgan fingerprint density at radius 2 is 1.58 bits per heavy atom. The number of ketones is 2. The van der Waals surface area contributed by atoms with Crippen LogP contribution in [0.15, 0.2) is 18.2 Å². The molecule has 0 bridgehead atoms. The summed E-state index contributed by atoms with van der Waals surface area (Å²) in [5, 5.41) is 8.40. The summed E-state index contributed by atoms with van der Waals surface area (Å²) in [5.41, 5.74) is 0.0925. The van der Waals surface area contributed by atoms with Gasteiger partial charge in [0.25, 0.3) is 5.91 Å². The summed E-state index contributed by atoms with van der Waals surface area (Å²) in [6.45, 7) is 0.533. The largest absolute Gasteiger partial charge is 0.586 e. The van der Waals surface area contributed by atoms with Crippen LogP contribution in [0.3, 0.4) is 0 Å². The second-order valence-electron chi connectivity index (χ2n) is 13.0. The van der Waals surface area contributed by atoms with Gasteiger partial charge < -0.3 is 25.4 Å². The van der Waals surface area contributed by atoms with E-state index in [1.807, 2.05) is 0 Å². The maximum absolute atomic E-state index is 13.9. The van der Waals surface area contributed by atoms with Crippen molar-refractivity contribution in [1.82, 2.24) is 16.0 Å². The number of carbonyl (C=O) groups is 5. The molecule has 2 heterocycles. The van der Waals surface area contributed by atoms with E-state index in [0.717, 1.165) is 70.6 Å². The van der Waals surface area contributed by atoms with Crippen molar-refractivity contribution in [3.8, 4) is 11.5 Å². The molecular weight excluding hydrogens is 588 g/mol.